The minimum atomic E-state index is 0.0171. The van der Waals surface area contributed by atoms with Crippen molar-refractivity contribution in [3.05, 3.63) is 64.4 Å². The molecule has 0 aliphatic heterocycles. The Kier molecular flexibility index (Phi) is 5.16. The van der Waals surface area contributed by atoms with Crippen molar-refractivity contribution in [2.45, 2.75) is 38.3 Å². The Hall–Kier alpha value is -2.73. The lowest BCUT2D eigenvalue weighted by molar-refractivity contribution is 0.0938. The Balaban J connectivity index is 1.43. The summed E-state index contributed by atoms with van der Waals surface area (Å²) in [6, 6.07) is 16.0. The van der Waals surface area contributed by atoms with Crippen LogP contribution in [0.3, 0.4) is 0 Å². The summed E-state index contributed by atoms with van der Waals surface area (Å²) < 4.78 is 0.454. The van der Waals surface area contributed by atoms with Crippen LogP contribution >= 0.6 is 12.2 Å². The summed E-state index contributed by atoms with van der Waals surface area (Å²) in [4.78, 5) is 19.8. The number of aromatic amines is 1. The number of para-hydroxylation sites is 1. The molecule has 0 saturated heterocycles. The van der Waals surface area contributed by atoms with Crippen LogP contribution in [0.1, 0.15) is 41.6 Å². The average molecular weight is 379 g/mol. The summed E-state index contributed by atoms with van der Waals surface area (Å²) in [6.45, 7) is 0.611. The smallest absolute Gasteiger partial charge is 0.251 e. The Bertz CT molecular complexity index is 1010. The second kappa shape index (κ2) is 7.88. The van der Waals surface area contributed by atoms with E-state index in [1.807, 2.05) is 48.5 Å². The molecule has 0 radical (unpaired) electrons. The van der Waals surface area contributed by atoms with Crippen molar-refractivity contribution in [1.82, 2.24) is 15.3 Å². The van der Waals surface area contributed by atoms with Gasteiger partial charge in [-0.15, -0.1) is 0 Å². The molecule has 6 heteroatoms. The molecule has 3 N–H and O–H groups in total. The van der Waals surface area contributed by atoms with Crippen LogP contribution in [-0.2, 0) is 6.54 Å². The molecule has 1 aliphatic rings. The van der Waals surface area contributed by atoms with E-state index in [1.54, 1.807) is 0 Å². The molecule has 2 aromatic carbocycles. The Morgan fingerprint density at radius 1 is 1.11 bits per heavy atom. The van der Waals surface area contributed by atoms with E-state index >= 15 is 0 Å². The van der Waals surface area contributed by atoms with Gasteiger partial charge >= 0.3 is 0 Å². The summed E-state index contributed by atoms with van der Waals surface area (Å²) in [7, 11) is 0. The van der Waals surface area contributed by atoms with Crippen molar-refractivity contribution in [3.63, 3.8) is 0 Å². The highest BCUT2D eigenvalue weighted by Crippen LogP contribution is 2.20. The van der Waals surface area contributed by atoms with Crippen LogP contribution in [0, 0.1) is 4.77 Å². The summed E-state index contributed by atoms with van der Waals surface area (Å²) in [5.74, 6) is 0.779. The molecular formula is C21H22N4OS. The van der Waals surface area contributed by atoms with E-state index in [0.717, 1.165) is 35.1 Å². The first-order chi connectivity index (χ1) is 13.2. The average Bonchev–Trinajstić information content (AvgIpc) is 3.19. The van der Waals surface area contributed by atoms with Gasteiger partial charge < -0.3 is 15.6 Å². The van der Waals surface area contributed by atoms with E-state index < -0.39 is 0 Å². The van der Waals surface area contributed by atoms with E-state index in [0.29, 0.717) is 22.9 Å². The fraction of sp³-hybridized carbons (Fsp3) is 0.286. The molecule has 1 saturated carbocycles. The maximum absolute atomic E-state index is 12.3. The number of aromatic nitrogens is 2. The normalized spacial score (nSPS) is 14.4. The largest absolute Gasteiger partial charge is 0.365 e. The molecule has 3 aromatic rings. The maximum Gasteiger partial charge on any atom is 0.251 e. The zero-order valence-electron chi connectivity index (χ0n) is 15.0. The molecule has 0 atom stereocenters. The van der Waals surface area contributed by atoms with Crippen LogP contribution in [-0.4, -0.2) is 21.9 Å². The van der Waals surface area contributed by atoms with Gasteiger partial charge in [-0.25, -0.2) is 4.98 Å². The van der Waals surface area contributed by atoms with Gasteiger partial charge in [-0.1, -0.05) is 37.1 Å². The monoisotopic (exact) mass is 378 g/mol. The minimum absolute atomic E-state index is 0.0171. The molecule has 0 unspecified atom stereocenters. The Morgan fingerprint density at radius 2 is 1.85 bits per heavy atom. The van der Waals surface area contributed by atoms with E-state index in [-0.39, 0.29) is 5.91 Å². The summed E-state index contributed by atoms with van der Waals surface area (Å²) in [5.41, 5.74) is 2.74. The maximum atomic E-state index is 12.3. The number of rotatable bonds is 5. The van der Waals surface area contributed by atoms with Gasteiger partial charge in [0.15, 0.2) is 4.77 Å². The fourth-order valence-corrected chi connectivity index (χ4v) is 3.74. The molecule has 0 bridgehead atoms. The summed E-state index contributed by atoms with van der Waals surface area (Å²) in [5, 5.41) is 7.47. The first-order valence-corrected chi connectivity index (χ1v) is 9.72. The van der Waals surface area contributed by atoms with E-state index in [4.69, 9.17) is 12.2 Å². The number of carbonyl (C=O) groups excluding carboxylic acids is 1. The van der Waals surface area contributed by atoms with Gasteiger partial charge in [0.2, 0.25) is 0 Å². The molecule has 1 fully saturated rings. The number of carbonyl (C=O) groups is 1. The number of anilines is 1. The number of benzene rings is 2. The molecular weight excluding hydrogens is 356 g/mol. The fourth-order valence-electron chi connectivity index (χ4n) is 3.54. The molecule has 4 rings (SSSR count). The number of H-pyrrole nitrogens is 1. The lowest BCUT2D eigenvalue weighted by Gasteiger charge is -2.12. The number of hydrogen-bond donors (Lipinski definition) is 3. The van der Waals surface area contributed by atoms with Crippen molar-refractivity contribution >= 4 is 34.8 Å². The number of hydrogen-bond acceptors (Lipinski definition) is 4. The quantitative estimate of drug-likeness (QED) is 0.569. The van der Waals surface area contributed by atoms with Crippen molar-refractivity contribution in [1.29, 1.82) is 0 Å². The third-order valence-electron chi connectivity index (χ3n) is 5.00. The molecule has 1 heterocycles. The third-order valence-corrected chi connectivity index (χ3v) is 5.20. The van der Waals surface area contributed by atoms with Crippen molar-refractivity contribution < 1.29 is 4.79 Å². The molecule has 5 nitrogen and oxygen atoms in total. The van der Waals surface area contributed by atoms with Gasteiger partial charge in [0.05, 0.1) is 5.52 Å². The predicted molar refractivity (Wildman–Crippen MR) is 110 cm³/mol. The van der Waals surface area contributed by atoms with Crippen molar-refractivity contribution in [2.24, 2.45) is 0 Å². The lowest BCUT2D eigenvalue weighted by Crippen LogP contribution is -2.32. The van der Waals surface area contributed by atoms with E-state index in [9.17, 15) is 4.79 Å². The summed E-state index contributed by atoms with van der Waals surface area (Å²) in [6.07, 6.45) is 4.60. The molecule has 1 amide bonds. The highest BCUT2D eigenvalue weighted by Gasteiger charge is 2.17. The van der Waals surface area contributed by atoms with Crippen LogP contribution in [0.4, 0.5) is 5.82 Å². The molecule has 1 aliphatic carbocycles. The van der Waals surface area contributed by atoms with Crippen LogP contribution in [0.5, 0.6) is 0 Å². The SMILES string of the molecule is O=C(NC1CCCC1)c1ccc(CNc2nc(=S)[nH]c3ccccc23)cc1. The number of fused-ring (bicyclic) bond motifs is 1. The molecule has 27 heavy (non-hydrogen) atoms. The van der Waals surface area contributed by atoms with Crippen molar-refractivity contribution in [2.75, 3.05) is 5.32 Å². The standard InChI is InChI=1S/C21H22N4OS/c26-20(23-16-5-1-2-6-16)15-11-9-14(10-12-15)13-22-19-17-7-3-4-8-18(17)24-21(27)25-19/h3-4,7-12,16H,1-2,5-6,13H2,(H,23,26)(H2,22,24,25,27). The molecule has 1 aromatic heterocycles. The topological polar surface area (TPSA) is 69.8 Å². The second-order valence-electron chi connectivity index (χ2n) is 6.94. The van der Waals surface area contributed by atoms with Gasteiger partial charge in [0.25, 0.3) is 5.91 Å². The van der Waals surface area contributed by atoms with Crippen molar-refractivity contribution in [3.8, 4) is 0 Å². The Morgan fingerprint density at radius 3 is 2.63 bits per heavy atom. The highest BCUT2D eigenvalue weighted by atomic mass is 32.1. The first kappa shape index (κ1) is 17.7. The second-order valence-corrected chi connectivity index (χ2v) is 7.33. The van der Waals surface area contributed by atoms with Crippen LogP contribution in [0.25, 0.3) is 10.9 Å². The molecule has 138 valence electrons. The highest BCUT2D eigenvalue weighted by molar-refractivity contribution is 7.71. The van der Waals surface area contributed by atoms with E-state index in [1.165, 1.54) is 12.8 Å². The van der Waals surface area contributed by atoms with Gasteiger partial charge in [0.1, 0.15) is 5.82 Å². The predicted octanol–water partition coefficient (Wildman–Crippen LogP) is 4.58. The van der Waals surface area contributed by atoms with E-state index in [2.05, 4.69) is 20.6 Å². The van der Waals surface area contributed by atoms with Crippen LogP contribution in [0.2, 0.25) is 0 Å². The van der Waals surface area contributed by atoms with Gasteiger partial charge in [-0.3, -0.25) is 4.79 Å². The van der Waals surface area contributed by atoms with Gasteiger partial charge in [-0.2, -0.15) is 0 Å². The van der Waals surface area contributed by atoms with Crippen LogP contribution in [0.15, 0.2) is 48.5 Å². The molecule has 0 spiro atoms. The number of nitrogens with zero attached hydrogens (tertiary/aromatic N) is 1. The van der Waals surface area contributed by atoms with Gasteiger partial charge in [-0.05, 0) is 54.9 Å². The zero-order valence-corrected chi connectivity index (χ0v) is 15.8. The minimum Gasteiger partial charge on any atom is -0.365 e. The number of amides is 1. The Labute approximate surface area is 163 Å². The van der Waals surface area contributed by atoms with Gasteiger partial charge in [0, 0.05) is 23.5 Å². The summed E-state index contributed by atoms with van der Waals surface area (Å²) >= 11 is 5.21. The third kappa shape index (κ3) is 4.17. The first-order valence-electron chi connectivity index (χ1n) is 9.32. The zero-order chi connectivity index (χ0) is 18.6. The van der Waals surface area contributed by atoms with Crippen LogP contribution < -0.4 is 10.6 Å². The number of nitrogens with one attached hydrogen (secondary N) is 3. The lowest BCUT2D eigenvalue weighted by atomic mass is 10.1.